The third-order valence-electron chi connectivity index (χ3n) is 2.89. The van der Waals surface area contributed by atoms with Crippen molar-refractivity contribution in [3.63, 3.8) is 0 Å². The number of nitriles is 1. The summed E-state index contributed by atoms with van der Waals surface area (Å²) in [5, 5.41) is 22.6. The second-order valence-corrected chi connectivity index (χ2v) is 5.31. The van der Waals surface area contributed by atoms with Crippen molar-refractivity contribution in [1.82, 2.24) is 10.2 Å². The van der Waals surface area contributed by atoms with Crippen molar-refractivity contribution in [2.45, 2.75) is 18.4 Å². The van der Waals surface area contributed by atoms with Gasteiger partial charge in [-0.25, -0.2) is 0 Å². The largest absolute Gasteiger partial charge is 0.300 e. The summed E-state index contributed by atoms with van der Waals surface area (Å²) in [5.41, 5.74) is -0.546. The van der Waals surface area contributed by atoms with Crippen LogP contribution in [0.3, 0.4) is 0 Å². The van der Waals surface area contributed by atoms with E-state index in [1.807, 2.05) is 0 Å². The van der Waals surface area contributed by atoms with Gasteiger partial charge in [-0.1, -0.05) is 0 Å². The Morgan fingerprint density at radius 3 is 3.00 bits per heavy atom. The van der Waals surface area contributed by atoms with Gasteiger partial charge in [-0.05, 0) is 12.8 Å². The number of thioether (sulfide) groups is 1. The summed E-state index contributed by atoms with van der Waals surface area (Å²) < 4.78 is 0. The second-order valence-electron chi connectivity index (χ2n) is 4.19. The van der Waals surface area contributed by atoms with Crippen LogP contribution in [0.4, 0.5) is 0 Å². The quantitative estimate of drug-likeness (QED) is 0.581. The van der Waals surface area contributed by atoms with Crippen molar-refractivity contribution in [1.29, 1.82) is 5.26 Å². The number of nitrogens with one attached hydrogen (secondary N) is 1. The molecule has 0 radical (unpaired) electrons. The maximum atomic E-state index is 11.9. The molecule has 1 heterocycles. The first-order valence-electron chi connectivity index (χ1n) is 5.51. The van der Waals surface area contributed by atoms with Crippen LogP contribution in [0, 0.1) is 21.4 Å². The topological polar surface area (TPSA) is 99.3 Å². The highest BCUT2D eigenvalue weighted by atomic mass is 32.2. The zero-order valence-corrected chi connectivity index (χ0v) is 10.4. The Balaban J connectivity index is 1.92. The van der Waals surface area contributed by atoms with Crippen LogP contribution in [0.25, 0.3) is 0 Å². The number of carbonyl (C=O) groups is 1. The number of hydrogen-bond donors (Lipinski definition) is 1. The molecule has 1 N–H and O–H groups in total. The number of nitrogens with zero attached hydrogens (tertiary/aromatic N) is 3. The van der Waals surface area contributed by atoms with Crippen molar-refractivity contribution < 1.29 is 9.72 Å². The van der Waals surface area contributed by atoms with Gasteiger partial charge in [0.05, 0.1) is 17.5 Å². The third-order valence-corrected chi connectivity index (χ3v) is 3.90. The fourth-order valence-electron chi connectivity index (χ4n) is 1.67. The average molecular weight is 268 g/mol. The van der Waals surface area contributed by atoms with E-state index in [9.17, 15) is 14.9 Å². The summed E-state index contributed by atoms with van der Waals surface area (Å²) >= 11 is 1.29. The van der Waals surface area contributed by atoms with E-state index in [0.29, 0.717) is 17.3 Å². The number of carbonyl (C=O) groups excluding carboxylic acids is 1. The molecule has 7 nitrogen and oxygen atoms in total. The molecular weight excluding hydrogens is 256 g/mol. The molecular formula is C10H12N4O3S. The highest BCUT2D eigenvalue weighted by Gasteiger charge is 2.43. The minimum atomic E-state index is -0.557. The maximum absolute atomic E-state index is 11.9. The van der Waals surface area contributed by atoms with E-state index < -0.39 is 10.5 Å². The molecule has 18 heavy (non-hydrogen) atoms. The normalized spacial score (nSPS) is 22.8. The van der Waals surface area contributed by atoms with E-state index >= 15 is 0 Å². The zero-order chi connectivity index (χ0) is 13.2. The predicted molar refractivity (Wildman–Crippen MR) is 64.8 cm³/mol. The van der Waals surface area contributed by atoms with E-state index in [0.717, 1.165) is 19.0 Å². The van der Waals surface area contributed by atoms with E-state index in [1.54, 1.807) is 0 Å². The van der Waals surface area contributed by atoms with Crippen LogP contribution in [0.1, 0.15) is 12.8 Å². The Bertz CT molecular complexity index is 453. The van der Waals surface area contributed by atoms with Crippen molar-refractivity contribution in [3.8, 4) is 6.07 Å². The lowest BCUT2D eigenvalue weighted by Crippen LogP contribution is -2.40. The standard InChI is InChI=1S/C10H12N4O3S/c11-7-10(1-2-10)12-5-8(15)13-3-4-18-9(13)6-14(16)17/h6,12H,1-5H2/b9-6-. The molecule has 0 unspecified atom stereocenters. The fourth-order valence-corrected chi connectivity index (χ4v) is 2.66. The van der Waals surface area contributed by atoms with Crippen molar-refractivity contribution >= 4 is 17.7 Å². The van der Waals surface area contributed by atoms with Gasteiger partial charge in [0, 0.05) is 12.3 Å². The lowest BCUT2D eigenvalue weighted by Gasteiger charge is -2.16. The van der Waals surface area contributed by atoms with Crippen molar-refractivity contribution in [3.05, 3.63) is 21.3 Å². The smallest absolute Gasteiger partial charge is 0.264 e. The summed E-state index contributed by atoms with van der Waals surface area (Å²) in [6.07, 6.45) is 2.36. The zero-order valence-electron chi connectivity index (χ0n) is 9.59. The summed E-state index contributed by atoms with van der Waals surface area (Å²) in [7, 11) is 0. The summed E-state index contributed by atoms with van der Waals surface area (Å²) in [6, 6.07) is 2.13. The van der Waals surface area contributed by atoms with E-state index in [4.69, 9.17) is 5.26 Å². The molecule has 2 rings (SSSR count). The summed E-state index contributed by atoms with van der Waals surface area (Å²) in [5.74, 6) is 0.434. The molecule has 0 aromatic carbocycles. The Labute approximate surface area is 108 Å². The Hall–Kier alpha value is -1.59. The lowest BCUT2D eigenvalue weighted by atomic mass is 10.3. The van der Waals surface area contributed by atoms with Crippen LogP contribution in [0.5, 0.6) is 0 Å². The van der Waals surface area contributed by atoms with Gasteiger partial charge in [-0.3, -0.25) is 25.1 Å². The molecule has 2 aliphatic rings. The van der Waals surface area contributed by atoms with Gasteiger partial charge in [0.2, 0.25) is 5.91 Å². The molecule has 1 aliphatic carbocycles. The fraction of sp³-hybridized carbons (Fsp3) is 0.600. The molecule has 1 aliphatic heterocycles. The van der Waals surface area contributed by atoms with Gasteiger partial charge in [-0.2, -0.15) is 5.26 Å². The van der Waals surface area contributed by atoms with Gasteiger partial charge in [0.25, 0.3) is 6.20 Å². The van der Waals surface area contributed by atoms with E-state index in [-0.39, 0.29) is 12.5 Å². The third kappa shape index (κ3) is 2.80. The van der Waals surface area contributed by atoms with Crippen LogP contribution < -0.4 is 5.32 Å². The highest BCUT2D eigenvalue weighted by Crippen LogP contribution is 2.34. The number of hydrogen-bond acceptors (Lipinski definition) is 6. The molecule has 1 saturated heterocycles. The number of amides is 1. The molecule has 0 aromatic heterocycles. The van der Waals surface area contributed by atoms with Crippen LogP contribution in [0.15, 0.2) is 11.2 Å². The first-order chi connectivity index (χ1) is 8.56. The molecule has 96 valence electrons. The van der Waals surface area contributed by atoms with Crippen molar-refractivity contribution in [2.24, 2.45) is 0 Å². The Morgan fingerprint density at radius 2 is 2.44 bits per heavy atom. The van der Waals surface area contributed by atoms with Crippen LogP contribution in [0.2, 0.25) is 0 Å². The minimum absolute atomic E-state index is 0.0448. The van der Waals surface area contributed by atoms with Gasteiger partial charge in [0.15, 0.2) is 0 Å². The van der Waals surface area contributed by atoms with Gasteiger partial charge in [0.1, 0.15) is 10.6 Å². The molecule has 2 fully saturated rings. The average Bonchev–Trinajstić information content (AvgIpc) is 2.98. The summed E-state index contributed by atoms with van der Waals surface area (Å²) in [6.45, 7) is 0.521. The molecule has 1 saturated carbocycles. The molecule has 0 atom stereocenters. The maximum Gasteiger partial charge on any atom is 0.264 e. The molecule has 0 spiro atoms. The van der Waals surface area contributed by atoms with Crippen LogP contribution >= 0.6 is 11.8 Å². The molecule has 0 aromatic rings. The minimum Gasteiger partial charge on any atom is -0.300 e. The van der Waals surface area contributed by atoms with Gasteiger partial charge < -0.3 is 0 Å². The first kappa shape index (κ1) is 12.9. The predicted octanol–water partition coefficient (Wildman–Crippen LogP) is 0.283. The van der Waals surface area contributed by atoms with E-state index in [1.165, 1.54) is 16.7 Å². The number of nitro groups is 1. The lowest BCUT2D eigenvalue weighted by molar-refractivity contribution is -0.403. The first-order valence-corrected chi connectivity index (χ1v) is 6.50. The summed E-state index contributed by atoms with van der Waals surface area (Å²) in [4.78, 5) is 23.2. The van der Waals surface area contributed by atoms with Gasteiger partial charge >= 0.3 is 0 Å². The van der Waals surface area contributed by atoms with Crippen LogP contribution in [-0.2, 0) is 4.79 Å². The van der Waals surface area contributed by atoms with E-state index in [2.05, 4.69) is 11.4 Å². The monoisotopic (exact) mass is 268 g/mol. The van der Waals surface area contributed by atoms with Crippen molar-refractivity contribution in [2.75, 3.05) is 18.8 Å². The Morgan fingerprint density at radius 1 is 1.72 bits per heavy atom. The highest BCUT2D eigenvalue weighted by molar-refractivity contribution is 8.03. The number of rotatable bonds is 4. The Kier molecular flexibility index (Phi) is 3.54. The molecule has 0 bridgehead atoms. The second kappa shape index (κ2) is 4.96. The molecule has 8 heteroatoms. The SMILES string of the molecule is N#CC1(NCC(=O)N2CCS/C2=C\[N+](=O)[O-])CC1. The van der Waals surface area contributed by atoms with Crippen LogP contribution in [-0.4, -0.2) is 40.1 Å². The van der Waals surface area contributed by atoms with Gasteiger partial charge in [-0.15, -0.1) is 11.8 Å². The molecule has 1 amide bonds.